The highest BCUT2D eigenvalue weighted by Crippen LogP contribution is 2.35. The van der Waals surface area contributed by atoms with E-state index in [0.717, 1.165) is 22.0 Å². The lowest BCUT2D eigenvalue weighted by molar-refractivity contribution is 1.17. The van der Waals surface area contributed by atoms with Gasteiger partial charge in [0.2, 0.25) is 0 Å². The molecular formula is C16H13N3S. The van der Waals surface area contributed by atoms with Crippen molar-refractivity contribution in [2.24, 2.45) is 0 Å². The van der Waals surface area contributed by atoms with Gasteiger partial charge in [0.15, 0.2) is 0 Å². The largest absolute Gasteiger partial charge is 0.340 e. The summed E-state index contributed by atoms with van der Waals surface area (Å²) < 4.78 is 1.22. The summed E-state index contributed by atoms with van der Waals surface area (Å²) in [6.07, 6.45) is 2.10. The van der Waals surface area contributed by atoms with Gasteiger partial charge in [-0.3, -0.25) is 0 Å². The van der Waals surface area contributed by atoms with Gasteiger partial charge in [-0.2, -0.15) is 0 Å². The number of fused-ring (bicyclic) bond motifs is 2. The molecule has 0 fully saturated rings. The molecule has 0 saturated heterocycles. The Kier molecular flexibility index (Phi) is 2.50. The van der Waals surface area contributed by atoms with E-state index in [-0.39, 0.29) is 0 Å². The van der Waals surface area contributed by atoms with Crippen LogP contribution in [-0.4, -0.2) is 12.0 Å². The Morgan fingerprint density at radius 1 is 1.10 bits per heavy atom. The van der Waals surface area contributed by atoms with E-state index in [1.54, 1.807) is 11.3 Å². The lowest BCUT2D eigenvalue weighted by Gasteiger charge is -2.12. The van der Waals surface area contributed by atoms with Crippen molar-refractivity contribution in [3.63, 3.8) is 0 Å². The maximum absolute atomic E-state index is 4.65. The first-order valence-corrected chi connectivity index (χ1v) is 7.30. The molecule has 0 radical (unpaired) electrons. The highest BCUT2D eigenvalue weighted by Gasteiger charge is 2.19. The van der Waals surface area contributed by atoms with Crippen molar-refractivity contribution in [1.29, 1.82) is 0 Å². The van der Waals surface area contributed by atoms with Crippen LogP contribution in [0.5, 0.6) is 0 Å². The zero-order valence-corrected chi connectivity index (χ0v) is 11.8. The summed E-state index contributed by atoms with van der Waals surface area (Å²) in [5.41, 5.74) is 3.39. The van der Waals surface area contributed by atoms with Gasteiger partial charge in [0.1, 0.15) is 10.8 Å². The highest BCUT2D eigenvalue weighted by molar-refractivity contribution is 7.19. The van der Waals surface area contributed by atoms with Crippen molar-refractivity contribution in [3.05, 3.63) is 59.4 Å². The second kappa shape index (κ2) is 4.35. The van der Waals surface area contributed by atoms with Crippen LogP contribution in [-0.2, 0) is 0 Å². The number of para-hydroxylation sites is 3. The quantitative estimate of drug-likeness (QED) is 0.725. The molecule has 1 aliphatic rings. The van der Waals surface area contributed by atoms with E-state index >= 15 is 0 Å². The van der Waals surface area contributed by atoms with E-state index in [2.05, 4.69) is 52.6 Å². The third kappa shape index (κ3) is 1.77. The Morgan fingerprint density at radius 2 is 1.90 bits per heavy atom. The predicted octanol–water partition coefficient (Wildman–Crippen LogP) is 4.16. The average Bonchev–Trinajstić information content (AvgIpc) is 3.01. The number of hydrogen-bond acceptors (Lipinski definition) is 4. The Hall–Kier alpha value is -2.33. The van der Waals surface area contributed by atoms with Gasteiger partial charge < -0.3 is 10.2 Å². The summed E-state index contributed by atoms with van der Waals surface area (Å²) in [4.78, 5) is 6.80. The first-order chi connectivity index (χ1) is 9.81. The molecule has 1 aliphatic heterocycles. The smallest absolute Gasteiger partial charge is 0.120 e. The maximum Gasteiger partial charge on any atom is 0.120 e. The maximum atomic E-state index is 4.65. The van der Waals surface area contributed by atoms with Crippen LogP contribution in [0.4, 0.5) is 11.4 Å². The molecular weight excluding hydrogens is 266 g/mol. The van der Waals surface area contributed by atoms with E-state index in [9.17, 15) is 0 Å². The van der Waals surface area contributed by atoms with Crippen molar-refractivity contribution < 1.29 is 0 Å². The molecule has 2 aromatic carbocycles. The van der Waals surface area contributed by atoms with Crippen LogP contribution in [0.15, 0.2) is 54.4 Å². The number of rotatable bonds is 1. The predicted molar refractivity (Wildman–Crippen MR) is 86.1 cm³/mol. The van der Waals surface area contributed by atoms with Crippen molar-refractivity contribution in [3.8, 4) is 0 Å². The molecule has 0 atom stereocenters. The van der Waals surface area contributed by atoms with Gasteiger partial charge in [-0.25, -0.2) is 4.98 Å². The van der Waals surface area contributed by atoms with E-state index in [0.29, 0.717) is 0 Å². The summed E-state index contributed by atoms with van der Waals surface area (Å²) >= 11 is 1.71. The molecule has 98 valence electrons. The summed E-state index contributed by atoms with van der Waals surface area (Å²) in [6.45, 7) is 0. The molecule has 3 aromatic rings. The van der Waals surface area contributed by atoms with E-state index in [4.69, 9.17) is 0 Å². The van der Waals surface area contributed by atoms with Crippen LogP contribution >= 0.6 is 11.3 Å². The number of thiazole rings is 1. The second-order valence-electron chi connectivity index (χ2n) is 4.75. The van der Waals surface area contributed by atoms with Crippen LogP contribution in [0.3, 0.4) is 0 Å². The molecule has 1 N–H and O–H groups in total. The minimum atomic E-state index is 1.02. The molecule has 0 aliphatic carbocycles. The molecule has 0 unspecified atom stereocenters. The van der Waals surface area contributed by atoms with Gasteiger partial charge in [0.25, 0.3) is 0 Å². The van der Waals surface area contributed by atoms with Crippen molar-refractivity contribution >= 4 is 39.0 Å². The fraction of sp³-hybridized carbons (Fsp3) is 0.0625. The molecule has 0 amide bonds. The standard InChI is InChI=1S/C16H13N3S/c1-19-13-8-4-2-6-11(13)17-15(19)10-16-18-12-7-3-5-9-14(12)20-16/h2-10,17H,1H3. The van der Waals surface area contributed by atoms with Crippen LogP contribution in [0.25, 0.3) is 16.3 Å². The molecule has 4 heteroatoms. The number of benzene rings is 2. The number of aromatic nitrogens is 1. The van der Waals surface area contributed by atoms with Crippen molar-refractivity contribution in [2.75, 3.05) is 17.3 Å². The first-order valence-electron chi connectivity index (χ1n) is 6.48. The third-order valence-electron chi connectivity index (χ3n) is 3.46. The molecule has 20 heavy (non-hydrogen) atoms. The molecule has 4 rings (SSSR count). The minimum absolute atomic E-state index is 1.02. The molecule has 0 spiro atoms. The zero-order chi connectivity index (χ0) is 13.5. The fourth-order valence-electron chi connectivity index (χ4n) is 2.43. The third-order valence-corrected chi connectivity index (χ3v) is 4.44. The Balaban J connectivity index is 1.75. The molecule has 0 bridgehead atoms. The van der Waals surface area contributed by atoms with Crippen LogP contribution in [0.2, 0.25) is 0 Å². The molecule has 3 nitrogen and oxygen atoms in total. The molecule has 1 aromatic heterocycles. The summed E-state index contributed by atoms with van der Waals surface area (Å²) in [5.74, 6) is 1.06. The Bertz CT molecular complexity index is 786. The van der Waals surface area contributed by atoms with Crippen LogP contribution < -0.4 is 10.2 Å². The van der Waals surface area contributed by atoms with Crippen molar-refractivity contribution in [1.82, 2.24) is 4.98 Å². The summed E-state index contributed by atoms with van der Waals surface area (Å²) in [7, 11) is 2.07. The lowest BCUT2D eigenvalue weighted by atomic mass is 10.3. The van der Waals surface area contributed by atoms with Gasteiger partial charge >= 0.3 is 0 Å². The fourth-order valence-corrected chi connectivity index (χ4v) is 3.33. The van der Waals surface area contributed by atoms with E-state index in [1.807, 2.05) is 24.3 Å². The summed E-state index contributed by atoms with van der Waals surface area (Å²) in [6, 6.07) is 16.5. The zero-order valence-electron chi connectivity index (χ0n) is 11.0. The number of hydrogen-bond donors (Lipinski definition) is 1. The van der Waals surface area contributed by atoms with Gasteiger partial charge in [-0.05, 0) is 24.3 Å². The van der Waals surface area contributed by atoms with E-state index < -0.39 is 0 Å². The van der Waals surface area contributed by atoms with E-state index in [1.165, 1.54) is 10.4 Å². The second-order valence-corrected chi connectivity index (χ2v) is 5.81. The lowest BCUT2D eigenvalue weighted by Crippen LogP contribution is -2.13. The Labute approximate surface area is 121 Å². The minimum Gasteiger partial charge on any atom is -0.340 e. The topological polar surface area (TPSA) is 28.2 Å². The van der Waals surface area contributed by atoms with Gasteiger partial charge in [0, 0.05) is 13.1 Å². The number of anilines is 2. The summed E-state index contributed by atoms with van der Waals surface area (Å²) in [5, 5.41) is 4.45. The first kappa shape index (κ1) is 11.5. The SMILES string of the molecule is CN1C(=Cc2nc3ccccc3s2)Nc2ccccc21. The monoisotopic (exact) mass is 279 g/mol. The highest BCUT2D eigenvalue weighted by atomic mass is 32.1. The average molecular weight is 279 g/mol. The Morgan fingerprint density at radius 3 is 2.75 bits per heavy atom. The van der Waals surface area contributed by atoms with Crippen LogP contribution in [0.1, 0.15) is 5.01 Å². The van der Waals surface area contributed by atoms with Gasteiger partial charge in [-0.15, -0.1) is 11.3 Å². The molecule has 0 saturated carbocycles. The molecule has 2 heterocycles. The number of nitrogens with one attached hydrogen (secondary N) is 1. The van der Waals surface area contributed by atoms with Crippen LogP contribution in [0, 0.1) is 0 Å². The van der Waals surface area contributed by atoms with Crippen molar-refractivity contribution in [2.45, 2.75) is 0 Å². The number of nitrogens with zero attached hydrogens (tertiary/aromatic N) is 2. The van der Waals surface area contributed by atoms with Gasteiger partial charge in [-0.1, -0.05) is 24.3 Å². The van der Waals surface area contributed by atoms with Gasteiger partial charge in [0.05, 0.1) is 21.6 Å². The normalized spacial score (nSPS) is 15.7.